The van der Waals surface area contributed by atoms with Gasteiger partial charge in [0.25, 0.3) is 5.91 Å². The van der Waals surface area contributed by atoms with Gasteiger partial charge in [0.2, 0.25) is 0 Å². The molecule has 1 aliphatic heterocycles. The van der Waals surface area contributed by atoms with E-state index in [0.717, 1.165) is 25.6 Å². The number of aliphatic imine (C=N–C) groups is 1. The molecule has 1 aromatic carbocycles. The van der Waals surface area contributed by atoms with Gasteiger partial charge < -0.3 is 21.1 Å². The van der Waals surface area contributed by atoms with Gasteiger partial charge in [-0.15, -0.1) is 11.3 Å². The number of nitrogens with one attached hydrogen (secondary N) is 3. The largest absolute Gasteiger partial charge is 0.508 e. The summed E-state index contributed by atoms with van der Waals surface area (Å²) in [5.74, 6) is 1.25. The number of phenolic OH excluding ortho intramolecular Hbond substituents is 1. The van der Waals surface area contributed by atoms with E-state index in [1.54, 1.807) is 12.1 Å². The fourth-order valence-electron chi connectivity index (χ4n) is 3.98. The molecule has 1 saturated heterocycles. The number of carbonyl (C=O) groups is 1. The van der Waals surface area contributed by atoms with Crippen molar-refractivity contribution in [1.29, 1.82) is 0 Å². The summed E-state index contributed by atoms with van der Waals surface area (Å²) in [6.07, 6.45) is 2.38. The highest BCUT2D eigenvalue weighted by Crippen LogP contribution is 2.37. The number of guanidine groups is 1. The third kappa shape index (κ3) is 6.70. The van der Waals surface area contributed by atoms with Crippen molar-refractivity contribution in [2.75, 3.05) is 39.8 Å². The van der Waals surface area contributed by atoms with Crippen LogP contribution in [0, 0.1) is 5.92 Å². The van der Waals surface area contributed by atoms with Crippen LogP contribution in [0.5, 0.6) is 5.75 Å². The van der Waals surface area contributed by atoms with Gasteiger partial charge in [-0.1, -0.05) is 6.07 Å². The molecule has 1 fully saturated rings. The Morgan fingerprint density at radius 1 is 1.19 bits per heavy atom. The monoisotopic (exact) mass is 443 g/mol. The first-order valence-corrected chi connectivity index (χ1v) is 11.8. The maximum absolute atomic E-state index is 12.2. The Kier molecular flexibility index (Phi) is 8.73. The Labute approximate surface area is 188 Å². The Balaban J connectivity index is 1.51. The molecule has 31 heavy (non-hydrogen) atoms. The molecule has 2 unspecified atom stereocenters. The van der Waals surface area contributed by atoms with Crippen LogP contribution in [0.1, 0.15) is 41.0 Å². The molecule has 0 aliphatic carbocycles. The molecule has 2 aromatic rings. The Morgan fingerprint density at radius 2 is 1.97 bits per heavy atom. The Hall–Kier alpha value is -2.58. The minimum atomic E-state index is -0.159. The number of likely N-dealkylation sites (tertiary alicyclic amines) is 1. The van der Waals surface area contributed by atoms with Gasteiger partial charge in [-0.25, -0.2) is 0 Å². The van der Waals surface area contributed by atoms with Crippen LogP contribution in [-0.2, 0) is 0 Å². The molecule has 2 heterocycles. The minimum Gasteiger partial charge on any atom is -0.508 e. The van der Waals surface area contributed by atoms with E-state index in [4.69, 9.17) is 4.99 Å². The lowest BCUT2D eigenvalue weighted by molar-refractivity contribution is 0.0954. The molecule has 0 saturated carbocycles. The lowest BCUT2D eigenvalue weighted by Crippen LogP contribution is -2.42. The maximum atomic E-state index is 12.2. The molecule has 0 bridgehead atoms. The smallest absolute Gasteiger partial charge is 0.251 e. The number of hydrogen-bond acceptors (Lipinski definition) is 5. The zero-order chi connectivity index (χ0) is 22.1. The molecule has 2 atom stereocenters. The van der Waals surface area contributed by atoms with E-state index in [9.17, 15) is 9.90 Å². The van der Waals surface area contributed by atoms with Gasteiger partial charge in [-0.2, -0.15) is 0 Å². The molecule has 1 aliphatic rings. The minimum absolute atomic E-state index is 0.148. The topological polar surface area (TPSA) is 89.0 Å². The molecule has 168 valence electrons. The van der Waals surface area contributed by atoms with Crippen molar-refractivity contribution in [2.24, 2.45) is 10.9 Å². The predicted octanol–water partition coefficient (Wildman–Crippen LogP) is 2.82. The van der Waals surface area contributed by atoms with Gasteiger partial charge in [0.05, 0.1) is 0 Å². The van der Waals surface area contributed by atoms with Crippen molar-refractivity contribution in [3.63, 3.8) is 0 Å². The number of rotatable bonds is 8. The molecule has 0 radical (unpaired) electrons. The normalized spacial score (nSPS) is 19.7. The van der Waals surface area contributed by atoms with Crippen LogP contribution in [-0.4, -0.2) is 61.6 Å². The van der Waals surface area contributed by atoms with Crippen molar-refractivity contribution >= 4 is 23.2 Å². The highest BCUT2D eigenvalue weighted by Gasteiger charge is 2.31. The van der Waals surface area contributed by atoms with Crippen molar-refractivity contribution in [2.45, 2.75) is 25.8 Å². The van der Waals surface area contributed by atoms with Crippen molar-refractivity contribution in [1.82, 2.24) is 20.9 Å². The summed E-state index contributed by atoms with van der Waals surface area (Å²) in [6.45, 7) is 5.78. The highest BCUT2D eigenvalue weighted by atomic mass is 32.1. The first-order chi connectivity index (χ1) is 15.1. The molecule has 0 spiro atoms. The number of hydrogen-bond donors (Lipinski definition) is 4. The number of benzene rings is 1. The van der Waals surface area contributed by atoms with Gasteiger partial charge in [-0.05, 0) is 75.0 Å². The first-order valence-electron chi connectivity index (χ1n) is 10.9. The van der Waals surface area contributed by atoms with E-state index >= 15 is 0 Å². The number of piperidine rings is 1. The number of thiophene rings is 1. The van der Waals surface area contributed by atoms with E-state index in [0.29, 0.717) is 30.6 Å². The van der Waals surface area contributed by atoms with Gasteiger partial charge >= 0.3 is 0 Å². The average molecular weight is 444 g/mol. The van der Waals surface area contributed by atoms with E-state index < -0.39 is 0 Å². The van der Waals surface area contributed by atoms with Crippen molar-refractivity contribution in [3.05, 3.63) is 52.2 Å². The molecule has 8 heteroatoms. The summed E-state index contributed by atoms with van der Waals surface area (Å²) in [5, 5.41) is 21.0. The zero-order valence-electron chi connectivity index (χ0n) is 18.3. The van der Waals surface area contributed by atoms with E-state index in [-0.39, 0.29) is 11.7 Å². The molecule has 7 nitrogen and oxygen atoms in total. The van der Waals surface area contributed by atoms with Gasteiger partial charge in [-0.3, -0.25) is 14.7 Å². The quantitative estimate of drug-likeness (QED) is 0.286. The van der Waals surface area contributed by atoms with Crippen molar-refractivity contribution in [3.8, 4) is 5.75 Å². The van der Waals surface area contributed by atoms with Crippen LogP contribution < -0.4 is 16.0 Å². The lowest BCUT2D eigenvalue weighted by atomic mass is 9.88. The van der Waals surface area contributed by atoms with Crippen LogP contribution in [0.3, 0.4) is 0 Å². The number of amides is 1. The maximum Gasteiger partial charge on any atom is 0.251 e. The fraction of sp³-hybridized carbons (Fsp3) is 0.478. The average Bonchev–Trinajstić information content (AvgIpc) is 3.29. The molecular weight excluding hydrogens is 410 g/mol. The first kappa shape index (κ1) is 23.1. The predicted molar refractivity (Wildman–Crippen MR) is 127 cm³/mol. The summed E-state index contributed by atoms with van der Waals surface area (Å²) in [5.41, 5.74) is 0.527. The third-order valence-corrected chi connectivity index (χ3v) is 6.45. The second-order valence-electron chi connectivity index (χ2n) is 7.79. The van der Waals surface area contributed by atoms with Crippen LogP contribution in [0.15, 0.2) is 46.8 Å². The number of aromatic hydroxyl groups is 1. The lowest BCUT2D eigenvalue weighted by Gasteiger charge is -2.38. The fourth-order valence-corrected chi connectivity index (χ4v) is 4.97. The number of nitrogens with zero attached hydrogens (tertiary/aromatic N) is 2. The summed E-state index contributed by atoms with van der Waals surface area (Å²) < 4.78 is 0. The summed E-state index contributed by atoms with van der Waals surface area (Å²) >= 11 is 1.82. The van der Waals surface area contributed by atoms with Crippen LogP contribution in [0.4, 0.5) is 0 Å². The Morgan fingerprint density at radius 3 is 2.68 bits per heavy atom. The SMILES string of the molecule is CCNC(=NCC1CCCN(C)C1c1cccs1)NCCNC(=O)c1ccc(O)cc1. The summed E-state index contributed by atoms with van der Waals surface area (Å²) in [7, 11) is 2.21. The number of carbonyl (C=O) groups excluding carboxylic acids is 1. The van der Waals surface area contributed by atoms with Crippen LogP contribution >= 0.6 is 11.3 Å². The van der Waals surface area contributed by atoms with Gasteiger partial charge in [0.1, 0.15) is 5.75 Å². The molecular formula is C23H33N5O2S. The van der Waals surface area contributed by atoms with Gasteiger partial charge in [0.15, 0.2) is 5.96 Å². The molecule has 1 aromatic heterocycles. The second-order valence-corrected chi connectivity index (χ2v) is 8.77. The van der Waals surface area contributed by atoms with E-state index in [2.05, 4.69) is 45.4 Å². The van der Waals surface area contributed by atoms with Gasteiger partial charge in [0, 0.05) is 42.7 Å². The Bertz CT molecular complexity index is 838. The molecule has 3 rings (SSSR count). The molecule has 4 N–H and O–H groups in total. The highest BCUT2D eigenvalue weighted by molar-refractivity contribution is 7.10. The second kappa shape index (κ2) is 11.7. The van der Waals surface area contributed by atoms with Crippen LogP contribution in [0.25, 0.3) is 0 Å². The summed E-state index contributed by atoms with van der Waals surface area (Å²) in [6, 6.07) is 11.0. The summed E-state index contributed by atoms with van der Waals surface area (Å²) in [4.78, 5) is 20.9. The third-order valence-electron chi connectivity index (χ3n) is 5.50. The van der Waals surface area contributed by atoms with E-state index in [1.165, 1.54) is 29.9 Å². The standard InChI is InChI=1S/C23H33N5O2S/c1-3-24-23(26-13-12-25-22(30)17-8-10-19(29)11-9-17)27-16-18-6-4-14-28(2)21(18)20-7-5-15-31-20/h5,7-11,15,18,21,29H,3-4,6,12-14,16H2,1-2H3,(H,25,30)(H2,24,26,27). The van der Waals surface area contributed by atoms with Crippen LogP contribution in [0.2, 0.25) is 0 Å². The van der Waals surface area contributed by atoms with Crippen molar-refractivity contribution < 1.29 is 9.90 Å². The molecule has 1 amide bonds. The van der Waals surface area contributed by atoms with E-state index in [1.807, 2.05) is 18.3 Å². The zero-order valence-corrected chi connectivity index (χ0v) is 19.1. The number of phenols is 1.